The molecule has 1 N–H and O–H groups in total. The zero-order chi connectivity index (χ0) is 20.9. The molecule has 1 atom stereocenters. The zero-order valence-electron chi connectivity index (χ0n) is 18.2. The van der Waals surface area contributed by atoms with Crippen molar-refractivity contribution in [3.8, 4) is 0 Å². The Bertz CT molecular complexity index is 440. The van der Waals surface area contributed by atoms with Gasteiger partial charge in [0.05, 0.1) is 0 Å². The lowest BCUT2D eigenvalue weighted by atomic mass is 10.1. The summed E-state index contributed by atoms with van der Waals surface area (Å²) in [5, 5.41) is 8.62. The van der Waals surface area contributed by atoms with Gasteiger partial charge in [0, 0.05) is 12.8 Å². The second-order valence-electron chi connectivity index (χ2n) is 7.42. The summed E-state index contributed by atoms with van der Waals surface area (Å²) in [6, 6.07) is 0. The van der Waals surface area contributed by atoms with Crippen LogP contribution in [0, 0.1) is 0 Å². The highest BCUT2D eigenvalue weighted by atomic mass is 16.5. The molecule has 0 bridgehead atoms. The Morgan fingerprint density at radius 1 is 0.857 bits per heavy atom. The first-order chi connectivity index (χ1) is 13.6. The van der Waals surface area contributed by atoms with E-state index in [9.17, 15) is 9.59 Å². The van der Waals surface area contributed by atoms with Gasteiger partial charge in [-0.3, -0.25) is 9.59 Å². The predicted octanol–water partition coefficient (Wildman–Crippen LogP) is 6.99. The van der Waals surface area contributed by atoms with Crippen LogP contribution in [0.1, 0.15) is 110 Å². The molecule has 0 aromatic heterocycles. The van der Waals surface area contributed by atoms with Crippen molar-refractivity contribution in [1.82, 2.24) is 0 Å². The van der Waals surface area contributed by atoms with Gasteiger partial charge in [0.1, 0.15) is 6.10 Å². The van der Waals surface area contributed by atoms with Crippen molar-refractivity contribution in [3.05, 3.63) is 24.3 Å². The van der Waals surface area contributed by atoms with Gasteiger partial charge in [-0.1, -0.05) is 77.0 Å². The van der Waals surface area contributed by atoms with E-state index in [-0.39, 0.29) is 18.5 Å². The highest BCUT2D eigenvalue weighted by molar-refractivity contribution is 5.69. The molecule has 0 aliphatic carbocycles. The van der Waals surface area contributed by atoms with Crippen LogP contribution in [0.2, 0.25) is 0 Å². The van der Waals surface area contributed by atoms with Crippen molar-refractivity contribution in [2.45, 2.75) is 116 Å². The van der Waals surface area contributed by atoms with Gasteiger partial charge < -0.3 is 9.84 Å². The number of carbonyl (C=O) groups excluding carboxylic acids is 1. The number of ether oxygens (including phenoxy) is 1. The van der Waals surface area contributed by atoms with Crippen LogP contribution in [0.25, 0.3) is 0 Å². The summed E-state index contributed by atoms with van der Waals surface area (Å²) in [4.78, 5) is 22.1. The third kappa shape index (κ3) is 19.2. The lowest BCUT2D eigenvalue weighted by molar-refractivity contribution is -0.146. The molecule has 0 saturated carbocycles. The molecule has 4 nitrogen and oxygen atoms in total. The topological polar surface area (TPSA) is 63.6 Å². The smallest absolute Gasteiger partial charge is 0.306 e. The highest BCUT2D eigenvalue weighted by Gasteiger charge is 2.09. The fourth-order valence-electron chi connectivity index (χ4n) is 2.99. The molecule has 0 aromatic carbocycles. The maximum Gasteiger partial charge on any atom is 0.306 e. The van der Waals surface area contributed by atoms with E-state index in [2.05, 4.69) is 25.2 Å². The first kappa shape index (κ1) is 26.4. The summed E-state index contributed by atoms with van der Waals surface area (Å²) < 4.78 is 5.53. The van der Waals surface area contributed by atoms with E-state index in [4.69, 9.17) is 9.84 Å². The van der Waals surface area contributed by atoms with E-state index < -0.39 is 5.97 Å². The summed E-state index contributed by atoms with van der Waals surface area (Å²) in [7, 11) is 0. The molecule has 0 aliphatic rings. The van der Waals surface area contributed by atoms with Crippen LogP contribution in [-0.4, -0.2) is 23.1 Å². The molecule has 28 heavy (non-hydrogen) atoms. The Morgan fingerprint density at radius 2 is 1.54 bits per heavy atom. The van der Waals surface area contributed by atoms with Crippen molar-refractivity contribution in [1.29, 1.82) is 0 Å². The molecule has 0 spiro atoms. The Labute approximate surface area is 172 Å². The largest absolute Gasteiger partial charge is 0.481 e. The van der Waals surface area contributed by atoms with Crippen LogP contribution in [0.5, 0.6) is 0 Å². The number of unbranched alkanes of at least 4 members (excludes halogenated alkanes) is 9. The third-order valence-electron chi connectivity index (χ3n) is 4.71. The van der Waals surface area contributed by atoms with Crippen LogP contribution in [0.4, 0.5) is 0 Å². The number of hydrogen-bond donors (Lipinski definition) is 1. The van der Waals surface area contributed by atoms with Crippen molar-refractivity contribution >= 4 is 11.9 Å². The Hall–Kier alpha value is -1.58. The van der Waals surface area contributed by atoms with Gasteiger partial charge in [0.25, 0.3) is 0 Å². The Morgan fingerprint density at radius 3 is 2.21 bits per heavy atom. The van der Waals surface area contributed by atoms with Crippen LogP contribution < -0.4 is 0 Å². The molecule has 0 radical (unpaired) electrons. The summed E-state index contributed by atoms with van der Waals surface area (Å²) >= 11 is 0. The number of carboxylic acid groups (broad SMARTS) is 1. The summed E-state index contributed by atoms with van der Waals surface area (Å²) in [6.07, 6.45) is 23.2. The van der Waals surface area contributed by atoms with Gasteiger partial charge in [-0.25, -0.2) is 0 Å². The van der Waals surface area contributed by atoms with Gasteiger partial charge in [-0.15, -0.1) is 0 Å². The number of rotatable bonds is 19. The Kier molecular flexibility index (Phi) is 19.0. The Balaban J connectivity index is 3.97. The van der Waals surface area contributed by atoms with Gasteiger partial charge in [-0.05, 0) is 44.6 Å². The van der Waals surface area contributed by atoms with Crippen LogP contribution in [0.15, 0.2) is 24.3 Å². The van der Waals surface area contributed by atoms with E-state index in [0.717, 1.165) is 57.8 Å². The fraction of sp³-hybridized carbons (Fsp3) is 0.750. The number of allylic oxidation sites excluding steroid dienone is 3. The lowest BCUT2D eigenvalue weighted by Crippen LogP contribution is -2.15. The number of esters is 1. The second-order valence-corrected chi connectivity index (χ2v) is 7.42. The lowest BCUT2D eigenvalue weighted by Gasteiger charge is -2.14. The van der Waals surface area contributed by atoms with Gasteiger partial charge in [0.2, 0.25) is 0 Å². The monoisotopic (exact) mass is 394 g/mol. The SMILES string of the molecule is CCCCCC/C=C\C/C=C\C(CCCCCCCCC(=O)O)OC(=O)CC. The van der Waals surface area contributed by atoms with E-state index in [1.165, 1.54) is 25.7 Å². The minimum absolute atomic E-state index is 0.127. The molecule has 0 fully saturated rings. The highest BCUT2D eigenvalue weighted by Crippen LogP contribution is 2.13. The van der Waals surface area contributed by atoms with Gasteiger partial charge >= 0.3 is 11.9 Å². The molecule has 0 amide bonds. The van der Waals surface area contributed by atoms with E-state index in [1.54, 1.807) is 0 Å². The quantitative estimate of drug-likeness (QED) is 0.146. The van der Waals surface area contributed by atoms with Crippen LogP contribution >= 0.6 is 0 Å². The molecule has 162 valence electrons. The second kappa shape index (κ2) is 20.2. The van der Waals surface area contributed by atoms with Crippen molar-refractivity contribution in [2.24, 2.45) is 0 Å². The molecular formula is C24H42O4. The van der Waals surface area contributed by atoms with E-state index in [1.807, 2.05) is 13.0 Å². The minimum Gasteiger partial charge on any atom is -0.481 e. The van der Waals surface area contributed by atoms with Crippen molar-refractivity contribution < 1.29 is 19.4 Å². The number of aliphatic carboxylic acids is 1. The molecular weight excluding hydrogens is 352 g/mol. The predicted molar refractivity (Wildman–Crippen MR) is 116 cm³/mol. The number of carbonyl (C=O) groups is 2. The zero-order valence-corrected chi connectivity index (χ0v) is 18.2. The molecule has 0 rings (SSSR count). The van der Waals surface area contributed by atoms with Crippen molar-refractivity contribution in [3.63, 3.8) is 0 Å². The summed E-state index contributed by atoms with van der Waals surface area (Å²) in [5.74, 6) is -0.853. The van der Waals surface area contributed by atoms with Crippen LogP contribution in [0.3, 0.4) is 0 Å². The molecule has 0 heterocycles. The van der Waals surface area contributed by atoms with Gasteiger partial charge in [-0.2, -0.15) is 0 Å². The maximum atomic E-state index is 11.6. The normalized spacial score (nSPS) is 12.6. The molecule has 1 unspecified atom stereocenters. The molecule has 4 heteroatoms. The van der Waals surface area contributed by atoms with E-state index >= 15 is 0 Å². The van der Waals surface area contributed by atoms with Crippen LogP contribution in [-0.2, 0) is 14.3 Å². The fourth-order valence-corrected chi connectivity index (χ4v) is 2.99. The maximum absolute atomic E-state index is 11.6. The summed E-state index contributed by atoms with van der Waals surface area (Å²) in [6.45, 7) is 4.05. The van der Waals surface area contributed by atoms with E-state index in [0.29, 0.717) is 6.42 Å². The van der Waals surface area contributed by atoms with Gasteiger partial charge in [0.15, 0.2) is 0 Å². The minimum atomic E-state index is -0.710. The first-order valence-electron chi connectivity index (χ1n) is 11.3. The standard InChI is InChI=1S/C24H42O4/c1-3-5-6-7-8-9-10-13-16-19-22(28-24(27)4-2)20-17-14-11-12-15-18-21-23(25)26/h9-10,16,19,22H,3-8,11-15,17-18,20-21H2,1-2H3,(H,25,26)/b10-9-,19-16-. The third-order valence-corrected chi connectivity index (χ3v) is 4.71. The molecule has 0 aromatic rings. The molecule has 0 saturated heterocycles. The number of carboxylic acids is 1. The first-order valence-corrected chi connectivity index (χ1v) is 11.3. The summed E-state index contributed by atoms with van der Waals surface area (Å²) in [5.41, 5.74) is 0. The van der Waals surface area contributed by atoms with Crippen molar-refractivity contribution in [2.75, 3.05) is 0 Å². The average molecular weight is 395 g/mol. The average Bonchev–Trinajstić information content (AvgIpc) is 2.67. The number of hydrogen-bond acceptors (Lipinski definition) is 3. The molecule has 0 aliphatic heterocycles.